The van der Waals surface area contributed by atoms with E-state index in [2.05, 4.69) is 21.2 Å². The maximum absolute atomic E-state index is 13.3. The van der Waals surface area contributed by atoms with Crippen molar-refractivity contribution >= 4 is 21.6 Å². The first kappa shape index (κ1) is 13.9. The quantitative estimate of drug-likeness (QED) is 0.824. The van der Waals surface area contributed by atoms with Gasteiger partial charge in [0.15, 0.2) is 0 Å². The lowest BCUT2D eigenvalue weighted by Gasteiger charge is -2.09. The molecule has 1 N–H and O–H groups in total. The molecule has 0 radical (unpaired) electrons. The van der Waals surface area contributed by atoms with Crippen LogP contribution < -0.4 is 10.1 Å². The van der Waals surface area contributed by atoms with Crippen molar-refractivity contribution in [2.75, 3.05) is 18.5 Å². The Bertz CT molecular complexity index is 560. The van der Waals surface area contributed by atoms with Crippen molar-refractivity contribution < 1.29 is 9.13 Å². The Balaban J connectivity index is 1.79. The Morgan fingerprint density at radius 1 is 1.21 bits per heavy atom. The molecule has 0 spiro atoms. The van der Waals surface area contributed by atoms with Crippen LogP contribution in [-0.2, 0) is 0 Å². The van der Waals surface area contributed by atoms with Crippen LogP contribution in [0.3, 0.4) is 0 Å². The maximum atomic E-state index is 13.3. The summed E-state index contributed by atoms with van der Waals surface area (Å²) in [6.45, 7) is 2.89. The van der Waals surface area contributed by atoms with Crippen molar-refractivity contribution in [2.24, 2.45) is 0 Å². The van der Waals surface area contributed by atoms with Gasteiger partial charge in [0.05, 0.1) is 0 Å². The minimum atomic E-state index is -0.196. The smallest absolute Gasteiger partial charge is 0.128 e. The van der Waals surface area contributed by atoms with Crippen molar-refractivity contribution in [1.29, 1.82) is 0 Å². The molecule has 0 bridgehead atoms. The van der Waals surface area contributed by atoms with E-state index >= 15 is 0 Å². The van der Waals surface area contributed by atoms with E-state index < -0.39 is 0 Å². The second-order valence-corrected chi connectivity index (χ2v) is 5.11. The van der Waals surface area contributed by atoms with Crippen LogP contribution >= 0.6 is 15.9 Å². The van der Waals surface area contributed by atoms with Crippen LogP contribution in [0.5, 0.6) is 5.75 Å². The molecule has 0 atom stereocenters. The highest BCUT2D eigenvalue weighted by Crippen LogP contribution is 2.17. The van der Waals surface area contributed by atoms with E-state index in [9.17, 15) is 4.39 Å². The summed E-state index contributed by atoms with van der Waals surface area (Å²) in [5, 5.41) is 3.12. The molecule has 0 saturated carbocycles. The van der Waals surface area contributed by atoms with Gasteiger partial charge in [0, 0.05) is 16.7 Å². The summed E-state index contributed by atoms with van der Waals surface area (Å²) in [4.78, 5) is 0. The summed E-state index contributed by atoms with van der Waals surface area (Å²) < 4.78 is 19.9. The lowest BCUT2D eigenvalue weighted by atomic mass is 10.2. The van der Waals surface area contributed by atoms with Crippen LogP contribution in [0.1, 0.15) is 5.56 Å². The highest BCUT2D eigenvalue weighted by molar-refractivity contribution is 9.10. The van der Waals surface area contributed by atoms with Gasteiger partial charge in [-0.05, 0) is 42.8 Å². The molecule has 2 nitrogen and oxygen atoms in total. The van der Waals surface area contributed by atoms with E-state index in [1.807, 2.05) is 30.3 Å². The van der Waals surface area contributed by atoms with E-state index in [1.54, 1.807) is 13.0 Å². The van der Waals surface area contributed by atoms with Crippen LogP contribution in [0.25, 0.3) is 0 Å². The molecular weight excluding hydrogens is 309 g/mol. The van der Waals surface area contributed by atoms with Gasteiger partial charge in [-0.3, -0.25) is 0 Å². The van der Waals surface area contributed by atoms with Gasteiger partial charge in [-0.1, -0.05) is 28.1 Å². The number of hydrogen-bond donors (Lipinski definition) is 1. The average molecular weight is 324 g/mol. The third kappa shape index (κ3) is 4.24. The molecule has 0 aliphatic heterocycles. The molecule has 0 aliphatic carbocycles. The molecule has 0 unspecified atom stereocenters. The van der Waals surface area contributed by atoms with E-state index in [-0.39, 0.29) is 5.82 Å². The van der Waals surface area contributed by atoms with Crippen molar-refractivity contribution in [1.82, 2.24) is 0 Å². The Morgan fingerprint density at radius 2 is 2.05 bits per heavy atom. The molecule has 19 heavy (non-hydrogen) atoms. The monoisotopic (exact) mass is 323 g/mol. The third-order valence-corrected chi connectivity index (χ3v) is 3.16. The van der Waals surface area contributed by atoms with Gasteiger partial charge < -0.3 is 10.1 Å². The second kappa shape index (κ2) is 6.57. The number of ether oxygens (including phenoxy) is 1. The number of halogens is 2. The fraction of sp³-hybridized carbons (Fsp3) is 0.200. The molecule has 2 rings (SSSR count). The van der Waals surface area contributed by atoms with E-state index in [0.29, 0.717) is 18.7 Å². The van der Waals surface area contributed by atoms with Crippen molar-refractivity contribution in [3.05, 3.63) is 58.3 Å². The standard InChI is InChI=1S/C15H15BrFNO/c1-11-5-6-13(10-15(11)17)18-7-8-19-14-4-2-3-12(16)9-14/h2-6,9-10,18H,7-8H2,1H3. The first-order valence-electron chi connectivity index (χ1n) is 6.03. The number of hydrogen-bond acceptors (Lipinski definition) is 2. The minimum absolute atomic E-state index is 0.196. The predicted octanol–water partition coefficient (Wildman–Crippen LogP) is 4.39. The number of nitrogens with one attached hydrogen (secondary N) is 1. The van der Waals surface area contributed by atoms with Gasteiger partial charge in [0.1, 0.15) is 18.2 Å². The Labute approximate surface area is 120 Å². The number of aryl methyl sites for hydroxylation is 1. The molecule has 2 aromatic rings. The molecule has 100 valence electrons. The van der Waals surface area contributed by atoms with E-state index in [4.69, 9.17) is 4.74 Å². The van der Waals surface area contributed by atoms with Gasteiger partial charge in [0.25, 0.3) is 0 Å². The van der Waals surface area contributed by atoms with Crippen LogP contribution in [0.4, 0.5) is 10.1 Å². The fourth-order valence-corrected chi connectivity index (χ4v) is 2.00. The van der Waals surface area contributed by atoms with Gasteiger partial charge in [-0.2, -0.15) is 0 Å². The molecule has 0 aromatic heterocycles. The van der Waals surface area contributed by atoms with Gasteiger partial charge in [0.2, 0.25) is 0 Å². The molecule has 0 fully saturated rings. The number of benzene rings is 2. The Kier molecular flexibility index (Phi) is 4.80. The SMILES string of the molecule is Cc1ccc(NCCOc2cccc(Br)c2)cc1F. The molecule has 0 aliphatic rings. The average Bonchev–Trinajstić information content (AvgIpc) is 2.39. The van der Waals surface area contributed by atoms with Gasteiger partial charge >= 0.3 is 0 Å². The summed E-state index contributed by atoms with van der Waals surface area (Å²) in [5.74, 6) is 0.615. The summed E-state index contributed by atoms with van der Waals surface area (Å²) in [6.07, 6.45) is 0. The fourth-order valence-electron chi connectivity index (χ4n) is 1.62. The zero-order valence-corrected chi connectivity index (χ0v) is 12.2. The molecule has 4 heteroatoms. The highest BCUT2D eigenvalue weighted by atomic mass is 79.9. The lowest BCUT2D eigenvalue weighted by Crippen LogP contribution is -2.11. The Hall–Kier alpha value is -1.55. The molecular formula is C15H15BrFNO. The van der Waals surface area contributed by atoms with Gasteiger partial charge in [-0.15, -0.1) is 0 Å². The molecule has 0 saturated heterocycles. The van der Waals surface area contributed by atoms with Crippen molar-refractivity contribution in [2.45, 2.75) is 6.92 Å². The summed E-state index contributed by atoms with van der Waals surface area (Å²) in [6, 6.07) is 12.8. The van der Waals surface area contributed by atoms with Crippen LogP contribution in [-0.4, -0.2) is 13.2 Å². The largest absolute Gasteiger partial charge is 0.492 e. The first-order valence-corrected chi connectivity index (χ1v) is 6.83. The highest BCUT2D eigenvalue weighted by Gasteiger charge is 1.99. The zero-order chi connectivity index (χ0) is 13.7. The summed E-state index contributed by atoms with van der Waals surface area (Å²) in [5.41, 5.74) is 1.41. The molecule has 2 aromatic carbocycles. The summed E-state index contributed by atoms with van der Waals surface area (Å²) in [7, 11) is 0. The summed E-state index contributed by atoms with van der Waals surface area (Å²) >= 11 is 3.39. The Morgan fingerprint density at radius 3 is 2.79 bits per heavy atom. The van der Waals surface area contributed by atoms with E-state index in [1.165, 1.54) is 6.07 Å². The maximum Gasteiger partial charge on any atom is 0.128 e. The predicted molar refractivity (Wildman–Crippen MR) is 79.3 cm³/mol. The van der Waals surface area contributed by atoms with Crippen LogP contribution in [0.15, 0.2) is 46.9 Å². The molecule has 0 heterocycles. The second-order valence-electron chi connectivity index (χ2n) is 4.20. The van der Waals surface area contributed by atoms with Crippen LogP contribution in [0, 0.1) is 12.7 Å². The topological polar surface area (TPSA) is 21.3 Å². The van der Waals surface area contributed by atoms with E-state index in [0.717, 1.165) is 15.9 Å². The normalized spacial score (nSPS) is 10.3. The number of anilines is 1. The third-order valence-electron chi connectivity index (χ3n) is 2.67. The molecule has 0 amide bonds. The minimum Gasteiger partial charge on any atom is -0.492 e. The zero-order valence-electron chi connectivity index (χ0n) is 10.6. The lowest BCUT2D eigenvalue weighted by molar-refractivity contribution is 0.332. The first-order chi connectivity index (χ1) is 9.15. The van der Waals surface area contributed by atoms with Crippen molar-refractivity contribution in [3.8, 4) is 5.75 Å². The van der Waals surface area contributed by atoms with Gasteiger partial charge in [-0.25, -0.2) is 4.39 Å². The van der Waals surface area contributed by atoms with Crippen LogP contribution in [0.2, 0.25) is 0 Å². The van der Waals surface area contributed by atoms with Crippen molar-refractivity contribution in [3.63, 3.8) is 0 Å². The number of rotatable bonds is 5.